The molecule has 0 spiro atoms. The zero-order valence-electron chi connectivity index (χ0n) is 38.5. The lowest BCUT2D eigenvalue weighted by molar-refractivity contribution is -0.305. The van der Waals surface area contributed by atoms with Gasteiger partial charge in [-0.2, -0.15) is 0 Å². The van der Waals surface area contributed by atoms with Gasteiger partial charge in [0.1, 0.15) is 31.0 Å². The summed E-state index contributed by atoms with van der Waals surface area (Å²) in [6.07, 6.45) is 39.0. The van der Waals surface area contributed by atoms with Gasteiger partial charge in [-0.05, 0) is 38.5 Å². The van der Waals surface area contributed by atoms with Crippen molar-refractivity contribution < 1.29 is 49.0 Å². The summed E-state index contributed by atoms with van der Waals surface area (Å²) < 4.78 is 22.2. The fraction of sp³-hybridized carbons (Fsp3) is 0.880. The van der Waals surface area contributed by atoms with Gasteiger partial charge in [-0.15, -0.1) is 0 Å². The maximum absolute atomic E-state index is 12.8. The van der Waals surface area contributed by atoms with Gasteiger partial charge in [-0.1, -0.05) is 199 Å². The third-order valence-corrected chi connectivity index (χ3v) is 11.6. The molecule has 6 atom stereocenters. The fourth-order valence-electron chi connectivity index (χ4n) is 7.62. The second-order valence-corrected chi connectivity index (χ2v) is 17.3. The van der Waals surface area contributed by atoms with Crippen molar-refractivity contribution >= 4 is 11.9 Å². The lowest BCUT2D eigenvalue weighted by Crippen LogP contribution is -2.59. The Morgan fingerprint density at radius 2 is 0.950 bits per heavy atom. The van der Waals surface area contributed by atoms with Crippen LogP contribution in [0.15, 0.2) is 24.3 Å². The molecule has 0 bridgehead atoms. The molecular formula is C50H92O10. The quantitative estimate of drug-likeness (QED) is 0.0265. The Labute approximate surface area is 366 Å². The summed E-state index contributed by atoms with van der Waals surface area (Å²) in [5.74, 6) is -0.812. The molecular weight excluding hydrogens is 761 g/mol. The van der Waals surface area contributed by atoms with Crippen LogP contribution in [-0.4, -0.2) is 89.0 Å². The van der Waals surface area contributed by atoms with E-state index in [1.54, 1.807) is 0 Å². The molecule has 1 heterocycles. The summed E-state index contributed by atoms with van der Waals surface area (Å²) in [5, 5.41) is 40.1. The first-order chi connectivity index (χ1) is 29.3. The Morgan fingerprint density at radius 3 is 1.43 bits per heavy atom. The highest BCUT2D eigenvalue weighted by Gasteiger charge is 2.44. The van der Waals surface area contributed by atoms with Gasteiger partial charge in [-0.25, -0.2) is 0 Å². The van der Waals surface area contributed by atoms with Crippen LogP contribution in [0, 0.1) is 0 Å². The average Bonchev–Trinajstić information content (AvgIpc) is 3.25. The molecule has 60 heavy (non-hydrogen) atoms. The van der Waals surface area contributed by atoms with E-state index in [0.29, 0.717) is 12.8 Å². The summed E-state index contributed by atoms with van der Waals surface area (Å²) in [5.41, 5.74) is 0. The van der Waals surface area contributed by atoms with Crippen molar-refractivity contribution in [1.29, 1.82) is 0 Å². The van der Waals surface area contributed by atoms with Crippen LogP contribution in [0.1, 0.15) is 226 Å². The fourth-order valence-corrected chi connectivity index (χ4v) is 7.62. The summed E-state index contributed by atoms with van der Waals surface area (Å²) >= 11 is 0. The first kappa shape index (κ1) is 56.2. The third kappa shape index (κ3) is 31.9. The molecule has 0 amide bonds. The molecule has 0 aromatic heterocycles. The monoisotopic (exact) mass is 853 g/mol. The van der Waals surface area contributed by atoms with Crippen LogP contribution in [0.4, 0.5) is 0 Å². The van der Waals surface area contributed by atoms with E-state index in [1.165, 1.54) is 122 Å². The maximum atomic E-state index is 12.8. The number of aliphatic hydroxyl groups is 4. The molecule has 1 rings (SSSR count). The summed E-state index contributed by atoms with van der Waals surface area (Å²) in [6, 6.07) is 0. The summed E-state index contributed by atoms with van der Waals surface area (Å²) in [7, 11) is 0. The van der Waals surface area contributed by atoms with E-state index in [9.17, 15) is 30.0 Å². The Morgan fingerprint density at radius 1 is 0.517 bits per heavy atom. The number of ether oxygens (including phenoxy) is 4. The van der Waals surface area contributed by atoms with Gasteiger partial charge in [0, 0.05) is 12.8 Å². The highest BCUT2D eigenvalue weighted by molar-refractivity contribution is 5.70. The van der Waals surface area contributed by atoms with Crippen LogP contribution in [0.3, 0.4) is 0 Å². The van der Waals surface area contributed by atoms with Gasteiger partial charge in [0.25, 0.3) is 0 Å². The minimum absolute atomic E-state index is 0.221. The molecule has 1 aliphatic heterocycles. The van der Waals surface area contributed by atoms with Crippen molar-refractivity contribution in [2.24, 2.45) is 0 Å². The van der Waals surface area contributed by atoms with Crippen molar-refractivity contribution in [3.8, 4) is 0 Å². The van der Waals surface area contributed by atoms with E-state index >= 15 is 0 Å². The van der Waals surface area contributed by atoms with Crippen molar-refractivity contribution in [2.75, 3.05) is 19.8 Å². The van der Waals surface area contributed by atoms with Crippen molar-refractivity contribution in [1.82, 2.24) is 0 Å². The number of hydrogen-bond acceptors (Lipinski definition) is 10. The molecule has 1 aliphatic rings. The minimum Gasteiger partial charge on any atom is -0.462 e. The molecule has 1 fully saturated rings. The third-order valence-electron chi connectivity index (χ3n) is 11.6. The molecule has 0 radical (unpaired) electrons. The Bertz CT molecular complexity index is 1030. The molecule has 4 N–H and O–H groups in total. The number of aliphatic hydroxyl groups excluding tert-OH is 4. The van der Waals surface area contributed by atoms with E-state index in [1.807, 2.05) is 0 Å². The van der Waals surface area contributed by atoms with Gasteiger partial charge in [-0.3, -0.25) is 9.59 Å². The highest BCUT2D eigenvalue weighted by Crippen LogP contribution is 2.23. The number of carbonyl (C=O) groups excluding carboxylic acids is 2. The van der Waals surface area contributed by atoms with E-state index in [0.717, 1.165) is 64.2 Å². The van der Waals surface area contributed by atoms with Crippen LogP contribution in [0.2, 0.25) is 0 Å². The topological polar surface area (TPSA) is 152 Å². The van der Waals surface area contributed by atoms with Crippen LogP contribution >= 0.6 is 0 Å². The smallest absolute Gasteiger partial charge is 0.306 e. The first-order valence-corrected chi connectivity index (χ1v) is 24.9. The van der Waals surface area contributed by atoms with Gasteiger partial charge in [0.15, 0.2) is 12.4 Å². The minimum atomic E-state index is -1.59. The Kier molecular flexibility index (Phi) is 38.6. The van der Waals surface area contributed by atoms with Crippen LogP contribution in [-0.2, 0) is 28.5 Å². The first-order valence-electron chi connectivity index (χ1n) is 24.9. The lowest BCUT2D eigenvalue weighted by atomic mass is 9.99. The molecule has 10 nitrogen and oxygen atoms in total. The van der Waals surface area contributed by atoms with Crippen LogP contribution < -0.4 is 0 Å². The van der Waals surface area contributed by atoms with Crippen molar-refractivity contribution in [2.45, 2.75) is 263 Å². The molecule has 10 heteroatoms. The second kappa shape index (κ2) is 41.2. The van der Waals surface area contributed by atoms with E-state index in [4.69, 9.17) is 18.9 Å². The van der Waals surface area contributed by atoms with E-state index < -0.39 is 49.4 Å². The SMILES string of the molecule is CCCC/C=C/C/C=C/CCCCCCCC(=O)OC[C@H](CO[C@@H]1O[C@H](CO)[C@H](O)C(O)C1O)OC(=O)CCCCCCCCCCCCCCCCCCCCCCC. The Hall–Kier alpha value is -1.82. The summed E-state index contributed by atoms with van der Waals surface area (Å²) in [4.78, 5) is 25.4. The van der Waals surface area contributed by atoms with Crippen LogP contribution in [0.5, 0.6) is 0 Å². The predicted molar refractivity (Wildman–Crippen MR) is 243 cm³/mol. The molecule has 2 unspecified atom stereocenters. The van der Waals surface area contributed by atoms with E-state index in [2.05, 4.69) is 38.2 Å². The van der Waals surface area contributed by atoms with Gasteiger partial charge >= 0.3 is 11.9 Å². The van der Waals surface area contributed by atoms with E-state index in [-0.39, 0.29) is 32.0 Å². The van der Waals surface area contributed by atoms with Gasteiger partial charge in [0.05, 0.1) is 13.2 Å². The maximum Gasteiger partial charge on any atom is 0.306 e. The standard InChI is InChI=1S/C50H92O10/c1-3-5-7-9-11-13-15-17-19-20-21-22-23-24-25-27-29-31-33-35-37-39-46(53)59-43(42-58-50-49(56)48(55)47(54)44(40-51)60-50)41-57-45(52)38-36-34-32-30-28-26-18-16-14-12-10-8-6-4-2/h10,12,16,18,43-44,47-51,54-56H,3-9,11,13-15,17,19-42H2,1-2H3/b12-10+,18-16+/t43-,44-,47+,48?,49?,50-/m1/s1. The van der Waals surface area contributed by atoms with Crippen molar-refractivity contribution in [3.63, 3.8) is 0 Å². The largest absolute Gasteiger partial charge is 0.462 e. The molecule has 1 saturated heterocycles. The number of carbonyl (C=O) groups is 2. The summed E-state index contributed by atoms with van der Waals surface area (Å²) in [6.45, 7) is 3.40. The highest BCUT2D eigenvalue weighted by atomic mass is 16.7. The molecule has 0 saturated carbocycles. The second-order valence-electron chi connectivity index (χ2n) is 17.3. The van der Waals surface area contributed by atoms with Gasteiger partial charge in [0.2, 0.25) is 0 Å². The van der Waals surface area contributed by atoms with Gasteiger partial charge < -0.3 is 39.4 Å². The predicted octanol–water partition coefficient (Wildman–Crippen LogP) is 11.3. The number of allylic oxidation sites excluding steroid dienone is 4. The molecule has 352 valence electrons. The molecule has 0 aromatic rings. The van der Waals surface area contributed by atoms with Crippen LogP contribution in [0.25, 0.3) is 0 Å². The normalized spacial score (nSPS) is 20.0. The Balaban J connectivity index is 2.26. The lowest BCUT2D eigenvalue weighted by Gasteiger charge is -2.39. The average molecular weight is 853 g/mol. The molecule has 0 aromatic carbocycles. The number of hydrogen-bond donors (Lipinski definition) is 4. The number of unbranched alkanes of at least 4 members (excludes halogenated alkanes) is 27. The molecule has 0 aliphatic carbocycles. The zero-order valence-corrected chi connectivity index (χ0v) is 38.5. The van der Waals surface area contributed by atoms with Crippen molar-refractivity contribution in [3.05, 3.63) is 24.3 Å². The number of rotatable bonds is 42. The zero-order chi connectivity index (χ0) is 43.7. The number of esters is 2.